The Balaban J connectivity index is 2.33. The van der Waals surface area contributed by atoms with Gasteiger partial charge in [-0.3, -0.25) is 4.79 Å². The lowest BCUT2D eigenvalue weighted by Gasteiger charge is -2.25. The molecule has 0 fully saturated rings. The number of ether oxygens (including phenoxy) is 1. The van der Waals surface area contributed by atoms with Gasteiger partial charge < -0.3 is 20.3 Å². The van der Waals surface area contributed by atoms with Gasteiger partial charge in [-0.15, -0.1) is 0 Å². The van der Waals surface area contributed by atoms with Gasteiger partial charge in [-0.25, -0.2) is 0 Å². The van der Waals surface area contributed by atoms with Gasteiger partial charge in [-0.2, -0.15) is 0 Å². The maximum absolute atomic E-state index is 12.0. The summed E-state index contributed by atoms with van der Waals surface area (Å²) in [6, 6.07) is 3.93. The summed E-state index contributed by atoms with van der Waals surface area (Å²) < 4.78 is 5.48. The second-order valence-corrected chi connectivity index (χ2v) is 7.22. The maximum Gasteiger partial charge on any atom is 0.226 e. The van der Waals surface area contributed by atoms with Gasteiger partial charge in [-0.05, 0) is 57.5 Å². The molecule has 126 valence electrons. The number of nitrogens with zero attached hydrogens (tertiary/aromatic N) is 1. The third kappa shape index (κ3) is 4.34. The molecule has 0 saturated heterocycles. The third-order valence-electron chi connectivity index (χ3n) is 3.71. The summed E-state index contributed by atoms with van der Waals surface area (Å²) >= 11 is 5.37. The van der Waals surface area contributed by atoms with Gasteiger partial charge in [0.15, 0.2) is 5.11 Å². The third-order valence-corrected chi connectivity index (χ3v) is 3.91. The number of carbonyl (C=O) groups excluding carboxylic acids is 1. The SMILES string of the molecule is COc1cc2c(cc1NC(=S)NC(C)(C)C)CCCC(=O)N2C. The van der Waals surface area contributed by atoms with E-state index in [0.717, 1.165) is 29.8 Å². The largest absolute Gasteiger partial charge is 0.494 e. The molecule has 6 heteroatoms. The molecule has 2 N–H and O–H groups in total. The smallest absolute Gasteiger partial charge is 0.226 e. The van der Waals surface area contributed by atoms with Crippen molar-refractivity contribution in [2.45, 2.75) is 45.6 Å². The molecule has 0 saturated carbocycles. The molecule has 0 aromatic heterocycles. The lowest BCUT2D eigenvalue weighted by atomic mass is 10.1. The van der Waals surface area contributed by atoms with Gasteiger partial charge in [0.05, 0.1) is 18.5 Å². The van der Waals surface area contributed by atoms with E-state index in [9.17, 15) is 4.79 Å². The number of amides is 1. The summed E-state index contributed by atoms with van der Waals surface area (Å²) in [5, 5.41) is 6.98. The van der Waals surface area contributed by atoms with E-state index in [2.05, 4.69) is 31.4 Å². The Kier molecular flexibility index (Phi) is 5.14. The number of carbonyl (C=O) groups is 1. The number of thiocarbonyl (C=S) groups is 1. The molecule has 1 aliphatic rings. The Hall–Kier alpha value is -1.82. The Morgan fingerprint density at radius 3 is 2.61 bits per heavy atom. The van der Waals surface area contributed by atoms with E-state index in [1.807, 2.05) is 19.2 Å². The molecule has 1 aromatic carbocycles. The highest BCUT2D eigenvalue weighted by Crippen LogP contribution is 2.36. The van der Waals surface area contributed by atoms with Crippen LogP contribution < -0.4 is 20.3 Å². The van der Waals surface area contributed by atoms with E-state index in [4.69, 9.17) is 17.0 Å². The molecule has 23 heavy (non-hydrogen) atoms. The van der Waals surface area contributed by atoms with Crippen LogP contribution in [0.4, 0.5) is 11.4 Å². The molecule has 1 aromatic rings. The van der Waals surface area contributed by atoms with E-state index in [1.165, 1.54) is 0 Å². The molecule has 0 aliphatic carbocycles. The van der Waals surface area contributed by atoms with Crippen LogP contribution in [0.5, 0.6) is 5.75 Å². The highest BCUT2D eigenvalue weighted by atomic mass is 32.1. The lowest BCUT2D eigenvalue weighted by Crippen LogP contribution is -2.43. The maximum atomic E-state index is 12.0. The first-order valence-electron chi connectivity index (χ1n) is 7.78. The molecule has 0 bridgehead atoms. The van der Waals surface area contributed by atoms with Crippen LogP contribution in [0.25, 0.3) is 0 Å². The van der Waals surface area contributed by atoms with Crippen molar-refractivity contribution in [2.75, 3.05) is 24.4 Å². The van der Waals surface area contributed by atoms with Gasteiger partial charge >= 0.3 is 0 Å². The molecule has 1 amide bonds. The minimum absolute atomic E-state index is 0.115. The predicted molar refractivity (Wildman–Crippen MR) is 98.5 cm³/mol. The van der Waals surface area contributed by atoms with Gasteiger partial charge in [-0.1, -0.05) is 0 Å². The van der Waals surface area contributed by atoms with Crippen LogP contribution in [0.3, 0.4) is 0 Å². The van der Waals surface area contributed by atoms with Crippen LogP contribution in [0.2, 0.25) is 0 Å². The number of nitrogens with one attached hydrogen (secondary N) is 2. The minimum Gasteiger partial charge on any atom is -0.494 e. The zero-order chi connectivity index (χ0) is 17.2. The number of anilines is 2. The van der Waals surface area contributed by atoms with Gasteiger partial charge in [0.2, 0.25) is 5.91 Å². The molecule has 5 nitrogen and oxygen atoms in total. The fraction of sp³-hybridized carbons (Fsp3) is 0.529. The molecule has 2 rings (SSSR count). The fourth-order valence-electron chi connectivity index (χ4n) is 2.62. The highest BCUT2D eigenvalue weighted by Gasteiger charge is 2.22. The zero-order valence-corrected chi connectivity index (χ0v) is 15.3. The summed E-state index contributed by atoms with van der Waals surface area (Å²) in [6.45, 7) is 6.15. The summed E-state index contributed by atoms with van der Waals surface area (Å²) in [6.07, 6.45) is 2.29. The molecule has 0 spiro atoms. The number of fused-ring (bicyclic) bond motifs is 1. The average Bonchev–Trinajstić information content (AvgIpc) is 2.56. The highest BCUT2D eigenvalue weighted by molar-refractivity contribution is 7.80. The molecular weight excluding hydrogens is 310 g/mol. The van der Waals surface area contributed by atoms with E-state index < -0.39 is 0 Å². The standard InChI is InChI=1S/C17H25N3O2S/c1-17(2,3)19-16(23)18-12-9-11-7-6-8-15(21)20(4)13(11)10-14(12)22-5/h9-10H,6-8H2,1-5H3,(H2,18,19,23). The lowest BCUT2D eigenvalue weighted by molar-refractivity contribution is -0.118. The van der Waals surface area contributed by atoms with Crippen molar-refractivity contribution in [1.29, 1.82) is 0 Å². The molecule has 0 unspecified atom stereocenters. The molecule has 0 atom stereocenters. The zero-order valence-electron chi connectivity index (χ0n) is 14.4. The molecule has 0 radical (unpaired) electrons. The number of rotatable bonds is 2. The minimum atomic E-state index is -0.115. The quantitative estimate of drug-likeness (QED) is 0.814. The van der Waals surface area contributed by atoms with E-state index >= 15 is 0 Å². The van der Waals surface area contributed by atoms with Crippen molar-refractivity contribution < 1.29 is 9.53 Å². The van der Waals surface area contributed by atoms with Crippen molar-refractivity contribution in [3.05, 3.63) is 17.7 Å². The van der Waals surface area contributed by atoms with Crippen LogP contribution >= 0.6 is 12.2 Å². The summed E-state index contributed by atoms with van der Waals surface area (Å²) in [7, 11) is 3.43. The molecular formula is C17H25N3O2S. The number of hydrogen-bond acceptors (Lipinski definition) is 3. The molecule has 1 aliphatic heterocycles. The van der Waals surface area contributed by atoms with E-state index in [0.29, 0.717) is 17.3 Å². The normalized spacial score (nSPS) is 14.8. The van der Waals surface area contributed by atoms with Crippen LogP contribution in [0.15, 0.2) is 12.1 Å². The van der Waals surface area contributed by atoms with Crippen LogP contribution in [0, 0.1) is 0 Å². The van der Waals surface area contributed by atoms with Crippen molar-refractivity contribution in [3.63, 3.8) is 0 Å². The van der Waals surface area contributed by atoms with Gasteiger partial charge in [0, 0.05) is 25.1 Å². The Labute approximate surface area is 143 Å². The number of aryl methyl sites for hydroxylation is 1. The Morgan fingerprint density at radius 1 is 1.30 bits per heavy atom. The summed E-state index contributed by atoms with van der Waals surface area (Å²) in [4.78, 5) is 13.7. The Bertz CT molecular complexity index is 623. The van der Waals surface area contributed by atoms with E-state index in [-0.39, 0.29) is 11.4 Å². The van der Waals surface area contributed by atoms with Crippen LogP contribution in [-0.4, -0.2) is 30.7 Å². The first kappa shape index (κ1) is 17.5. The first-order valence-corrected chi connectivity index (χ1v) is 8.19. The van der Waals surface area contributed by atoms with Crippen LogP contribution in [-0.2, 0) is 11.2 Å². The summed E-state index contributed by atoms with van der Waals surface area (Å²) in [5.74, 6) is 0.805. The first-order chi connectivity index (χ1) is 10.7. The number of methoxy groups -OCH3 is 1. The average molecular weight is 335 g/mol. The topological polar surface area (TPSA) is 53.6 Å². The van der Waals surface area contributed by atoms with Crippen molar-refractivity contribution >= 4 is 34.6 Å². The Morgan fingerprint density at radius 2 is 2.00 bits per heavy atom. The van der Waals surface area contributed by atoms with Crippen molar-refractivity contribution in [2.24, 2.45) is 0 Å². The monoisotopic (exact) mass is 335 g/mol. The second-order valence-electron chi connectivity index (χ2n) is 6.82. The predicted octanol–water partition coefficient (Wildman–Crippen LogP) is 3.08. The van der Waals surface area contributed by atoms with Crippen LogP contribution in [0.1, 0.15) is 39.2 Å². The molecule has 1 heterocycles. The fourth-order valence-corrected chi connectivity index (χ4v) is 3.04. The van der Waals surface area contributed by atoms with Crippen molar-refractivity contribution in [1.82, 2.24) is 5.32 Å². The van der Waals surface area contributed by atoms with E-state index in [1.54, 1.807) is 12.0 Å². The van der Waals surface area contributed by atoms with Gasteiger partial charge in [0.1, 0.15) is 5.75 Å². The number of hydrogen-bond donors (Lipinski definition) is 2. The van der Waals surface area contributed by atoms with Crippen molar-refractivity contribution in [3.8, 4) is 5.75 Å². The summed E-state index contributed by atoms with van der Waals surface area (Å²) in [5.41, 5.74) is 2.73. The second kappa shape index (κ2) is 6.74. The number of benzene rings is 1. The van der Waals surface area contributed by atoms with Gasteiger partial charge in [0.25, 0.3) is 0 Å².